The fourth-order valence-corrected chi connectivity index (χ4v) is 4.87. The number of sulfone groups is 1. The zero-order valence-electron chi connectivity index (χ0n) is 14.6. The van der Waals surface area contributed by atoms with Crippen LogP contribution in [0.2, 0.25) is 0 Å². The molecule has 1 amide bonds. The summed E-state index contributed by atoms with van der Waals surface area (Å²) in [6.45, 7) is 0.935. The van der Waals surface area contributed by atoms with Crippen molar-refractivity contribution < 1.29 is 17.9 Å². The van der Waals surface area contributed by atoms with Gasteiger partial charge in [0.1, 0.15) is 12.4 Å². The minimum atomic E-state index is -2.93. The van der Waals surface area contributed by atoms with Gasteiger partial charge in [0.05, 0.1) is 11.5 Å². The summed E-state index contributed by atoms with van der Waals surface area (Å²) in [4.78, 5) is 12.0. The standard InChI is InChI=1S/C20H23NO4S/c22-20(12-18-10-11-26(23,24)15-18)21-13-16-6-8-17(9-7-16)14-25-19-4-2-1-3-5-19/h1-9,18H,10-15H2,(H,21,22). The molecule has 2 aromatic carbocycles. The van der Waals surface area contributed by atoms with Crippen molar-refractivity contribution in [3.8, 4) is 5.75 Å². The predicted molar refractivity (Wildman–Crippen MR) is 100 cm³/mol. The van der Waals surface area contributed by atoms with E-state index in [2.05, 4.69) is 5.32 Å². The first-order chi connectivity index (χ1) is 12.5. The van der Waals surface area contributed by atoms with Gasteiger partial charge in [-0.1, -0.05) is 42.5 Å². The molecule has 1 N–H and O–H groups in total. The van der Waals surface area contributed by atoms with Crippen molar-refractivity contribution in [1.82, 2.24) is 5.32 Å². The SMILES string of the molecule is O=C(CC1CCS(=O)(=O)C1)NCc1ccc(COc2ccccc2)cc1. The molecule has 1 aliphatic heterocycles. The summed E-state index contributed by atoms with van der Waals surface area (Å²) in [6.07, 6.45) is 0.869. The number of carbonyl (C=O) groups excluding carboxylic acids is 1. The number of amides is 1. The summed E-state index contributed by atoms with van der Waals surface area (Å²) in [7, 11) is -2.93. The van der Waals surface area contributed by atoms with Gasteiger partial charge in [-0.25, -0.2) is 8.42 Å². The minimum absolute atomic E-state index is 0.0440. The van der Waals surface area contributed by atoms with Gasteiger partial charge in [0, 0.05) is 13.0 Å². The van der Waals surface area contributed by atoms with Crippen molar-refractivity contribution in [1.29, 1.82) is 0 Å². The summed E-state index contributed by atoms with van der Waals surface area (Å²) in [5.74, 6) is 1.03. The second kappa shape index (κ2) is 8.36. The lowest BCUT2D eigenvalue weighted by molar-refractivity contribution is -0.122. The quantitative estimate of drug-likeness (QED) is 0.810. The highest BCUT2D eigenvalue weighted by Crippen LogP contribution is 2.21. The molecule has 0 aromatic heterocycles. The Bertz CT molecular complexity index is 832. The van der Waals surface area contributed by atoms with Gasteiger partial charge in [0.15, 0.2) is 9.84 Å². The lowest BCUT2D eigenvalue weighted by Gasteiger charge is -2.10. The lowest BCUT2D eigenvalue weighted by atomic mass is 10.0. The molecule has 0 radical (unpaired) electrons. The Morgan fingerprint density at radius 3 is 2.38 bits per heavy atom. The Balaban J connectivity index is 1.42. The fraction of sp³-hybridized carbons (Fsp3) is 0.350. The van der Waals surface area contributed by atoms with E-state index in [9.17, 15) is 13.2 Å². The Labute approximate surface area is 154 Å². The molecule has 0 aliphatic carbocycles. The third-order valence-corrected chi connectivity index (χ3v) is 6.30. The average Bonchev–Trinajstić information content (AvgIpc) is 2.98. The monoisotopic (exact) mass is 373 g/mol. The van der Waals surface area contributed by atoms with Crippen LogP contribution in [0.4, 0.5) is 0 Å². The molecule has 0 bridgehead atoms. The van der Waals surface area contributed by atoms with Crippen LogP contribution in [-0.4, -0.2) is 25.8 Å². The van der Waals surface area contributed by atoms with Gasteiger partial charge in [-0.2, -0.15) is 0 Å². The highest BCUT2D eigenvalue weighted by molar-refractivity contribution is 7.91. The number of carbonyl (C=O) groups is 1. The average molecular weight is 373 g/mol. The van der Waals surface area contributed by atoms with E-state index in [0.29, 0.717) is 19.6 Å². The molecule has 3 rings (SSSR count). The van der Waals surface area contributed by atoms with E-state index in [1.165, 1.54) is 0 Å². The number of nitrogens with one attached hydrogen (secondary N) is 1. The number of ether oxygens (including phenoxy) is 1. The topological polar surface area (TPSA) is 72.5 Å². The van der Waals surface area contributed by atoms with Crippen molar-refractivity contribution in [2.24, 2.45) is 5.92 Å². The van der Waals surface area contributed by atoms with Crippen LogP contribution in [0.5, 0.6) is 5.75 Å². The van der Waals surface area contributed by atoms with E-state index in [1.54, 1.807) is 0 Å². The minimum Gasteiger partial charge on any atom is -0.489 e. The first-order valence-electron chi connectivity index (χ1n) is 8.73. The van der Waals surface area contributed by atoms with Gasteiger partial charge in [-0.15, -0.1) is 0 Å². The summed E-state index contributed by atoms with van der Waals surface area (Å²) in [6, 6.07) is 17.5. The predicted octanol–water partition coefficient (Wildman–Crippen LogP) is 2.71. The number of rotatable bonds is 7. The van der Waals surface area contributed by atoms with Gasteiger partial charge in [-0.05, 0) is 35.6 Å². The molecule has 138 valence electrons. The Morgan fingerprint density at radius 2 is 1.73 bits per heavy atom. The Kier molecular flexibility index (Phi) is 5.93. The summed E-state index contributed by atoms with van der Waals surface area (Å²) >= 11 is 0. The number of para-hydroxylation sites is 1. The summed E-state index contributed by atoms with van der Waals surface area (Å²) < 4.78 is 28.6. The van der Waals surface area contributed by atoms with E-state index in [-0.39, 0.29) is 29.8 Å². The maximum absolute atomic E-state index is 12.0. The molecule has 0 saturated carbocycles. The molecule has 1 aliphatic rings. The van der Waals surface area contributed by atoms with E-state index >= 15 is 0 Å². The molecule has 2 aromatic rings. The molecule has 1 unspecified atom stereocenters. The maximum Gasteiger partial charge on any atom is 0.220 e. The van der Waals surface area contributed by atoms with E-state index in [1.807, 2.05) is 54.6 Å². The van der Waals surface area contributed by atoms with Crippen LogP contribution in [-0.2, 0) is 27.8 Å². The van der Waals surface area contributed by atoms with Gasteiger partial charge in [0.25, 0.3) is 0 Å². The van der Waals surface area contributed by atoms with Gasteiger partial charge >= 0.3 is 0 Å². The first kappa shape index (κ1) is 18.5. The fourth-order valence-electron chi connectivity index (χ4n) is 3.00. The third-order valence-electron chi connectivity index (χ3n) is 4.46. The highest BCUT2D eigenvalue weighted by atomic mass is 32.2. The number of benzene rings is 2. The smallest absolute Gasteiger partial charge is 0.220 e. The molecule has 26 heavy (non-hydrogen) atoms. The second-order valence-electron chi connectivity index (χ2n) is 6.67. The summed E-state index contributed by atoms with van der Waals surface area (Å²) in [5.41, 5.74) is 2.06. The molecule has 0 spiro atoms. The number of hydrogen-bond acceptors (Lipinski definition) is 4. The van der Waals surface area contributed by atoms with Crippen LogP contribution >= 0.6 is 0 Å². The molecular weight excluding hydrogens is 350 g/mol. The molecule has 1 atom stereocenters. The lowest BCUT2D eigenvalue weighted by Crippen LogP contribution is -2.25. The Morgan fingerprint density at radius 1 is 1.04 bits per heavy atom. The molecular formula is C20H23NO4S. The molecule has 5 nitrogen and oxygen atoms in total. The van der Waals surface area contributed by atoms with Gasteiger partial charge < -0.3 is 10.1 Å². The first-order valence-corrected chi connectivity index (χ1v) is 10.5. The molecule has 1 heterocycles. The third kappa shape index (κ3) is 5.59. The van der Waals surface area contributed by atoms with Crippen molar-refractivity contribution in [2.75, 3.05) is 11.5 Å². The summed E-state index contributed by atoms with van der Waals surface area (Å²) in [5, 5.41) is 2.87. The van der Waals surface area contributed by atoms with Gasteiger partial charge in [0.2, 0.25) is 5.91 Å². The van der Waals surface area contributed by atoms with Crippen LogP contribution in [0.25, 0.3) is 0 Å². The van der Waals surface area contributed by atoms with Crippen molar-refractivity contribution >= 4 is 15.7 Å². The zero-order chi connectivity index (χ0) is 18.4. The largest absolute Gasteiger partial charge is 0.489 e. The van der Waals surface area contributed by atoms with Crippen LogP contribution in [0.3, 0.4) is 0 Å². The van der Waals surface area contributed by atoms with Crippen LogP contribution in [0.15, 0.2) is 54.6 Å². The normalized spacial score (nSPS) is 18.4. The zero-order valence-corrected chi connectivity index (χ0v) is 15.4. The number of hydrogen-bond donors (Lipinski definition) is 1. The van der Waals surface area contributed by atoms with Crippen molar-refractivity contribution in [3.63, 3.8) is 0 Å². The van der Waals surface area contributed by atoms with E-state index in [4.69, 9.17) is 4.74 Å². The Hall–Kier alpha value is -2.34. The van der Waals surface area contributed by atoms with E-state index < -0.39 is 9.84 Å². The van der Waals surface area contributed by atoms with Gasteiger partial charge in [-0.3, -0.25) is 4.79 Å². The van der Waals surface area contributed by atoms with E-state index in [0.717, 1.165) is 16.9 Å². The molecule has 1 fully saturated rings. The maximum atomic E-state index is 12.0. The van der Waals surface area contributed by atoms with Crippen LogP contribution < -0.4 is 10.1 Å². The molecule has 1 saturated heterocycles. The highest BCUT2D eigenvalue weighted by Gasteiger charge is 2.29. The van der Waals surface area contributed by atoms with Crippen molar-refractivity contribution in [2.45, 2.75) is 26.0 Å². The second-order valence-corrected chi connectivity index (χ2v) is 8.90. The van der Waals surface area contributed by atoms with Crippen molar-refractivity contribution in [3.05, 3.63) is 65.7 Å². The van der Waals surface area contributed by atoms with Crippen LogP contribution in [0.1, 0.15) is 24.0 Å². The molecule has 6 heteroatoms. The van der Waals surface area contributed by atoms with Crippen LogP contribution in [0, 0.1) is 5.92 Å².